The molecule has 0 aliphatic heterocycles. The summed E-state index contributed by atoms with van der Waals surface area (Å²) in [6.45, 7) is 3.60. The van der Waals surface area contributed by atoms with Gasteiger partial charge in [0.15, 0.2) is 6.10 Å². The van der Waals surface area contributed by atoms with Crippen molar-refractivity contribution < 1.29 is 37.6 Å². The molecule has 53 heavy (non-hydrogen) atoms. The van der Waals surface area contributed by atoms with Crippen LogP contribution in [-0.4, -0.2) is 43.3 Å². The number of esters is 2. The molecule has 0 rings (SSSR count). The van der Waals surface area contributed by atoms with Gasteiger partial charge in [0.2, 0.25) is 0 Å². The average Bonchev–Trinajstić information content (AvgIpc) is 3.15. The van der Waals surface area contributed by atoms with Gasteiger partial charge in [-0.05, 0) is 89.9 Å². The van der Waals surface area contributed by atoms with Crippen LogP contribution >= 0.6 is 7.82 Å². The minimum atomic E-state index is -4.28. The number of hydrogen-bond donors (Lipinski definition) is 1. The summed E-state index contributed by atoms with van der Waals surface area (Å²) in [6, 6.07) is 0. The van der Waals surface area contributed by atoms with E-state index in [0.717, 1.165) is 110 Å². The Bertz CT molecular complexity index is 1180. The molecule has 2 atom stereocenters. The molecule has 300 valence electrons. The van der Waals surface area contributed by atoms with Crippen molar-refractivity contribution >= 4 is 19.8 Å². The van der Waals surface area contributed by atoms with Crippen molar-refractivity contribution in [3.63, 3.8) is 0 Å². The Morgan fingerprint density at radius 2 is 0.906 bits per heavy atom. The van der Waals surface area contributed by atoms with Gasteiger partial charge in [0, 0.05) is 20.0 Å². The van der Waals surface area contributed by atoms with E-state index in [-0.39, 0.29) is 19.4 Å². The van der Waals surface area contributed by atoms with Gasteiger partial charge in [0.05, 0.1) is 6.61 Å². The maximum atomic E-state index is 12.5. The Balaban J connectivity index is 4.16. The fourth-order valence-corrected chi connectivity index (χ4v) is 5.27. The van der Waals surface area contributed by atoms with Crippen LogP contribution in [0.15, 0.2) is 97.2 Å². The van der Waals surface area contributed by atoms with Crippen molar-refractivity contribution in [2.45, 2.75) is 148 Å². The summed E-state index contributed by atoms with van der Waals surface area (Å²) < 4.78 is 31.9. The van der Waals surface area contributed by atoms with Crippen molar-refractivity contribution in [1.82, 2.24) is 0 Å². The van der Waals surface area contributed by atoms with Gasteiger partial charge in [-0.25, -0.2) is 4.57 Å². The Kier molecular flexibility index (Phi) is 36.5. The average molecular weight is 759 g/mol. The molecule has 9 heteroatoms. The van der Waals surface area contributed by atoms with Crippen LogP contribution in [-0.2, 0) is 32.7 Å². The van der Waals surface area contributed by atoms with Crippen LogP contribution in [0.2, 0.25) is 0 Å². The third kappa shape index (κ3) is 38.5. The van der Waals surface area contributed by atoms with Gasteiger partial charge >= 0.3 is 19.8 Å². The van der Waals surface area contributed by atoms with Crippen LogP contribution in [0.25, 0.3) is 0 Å². The molecule has 0 aliphatic rings. The summed E-state index contributed by atoms with van der Waals surface area (Å²) in [7, 11) is -3.23. The van der Waals surface area contributed by atoms with Gasteiger partial charge in [-0.15, -0.1) is 0 Å². The molecule has 0 heterocycles. The number of carbonyl (C=O) groups is 2. The van der Waals surface area contributed by atoms with E-state index >= 15 is 0 Å². The number of ether oxygens (including phenoxy) is 2. The first-order chi connectivity index (χ1) is 25.8. The lowest BCUT2D eigenvalue weighted by molar-refractivity contribution is -0.161. The van der Waals surface area contributed by atoms with E-state index in [9.17, 15) is 19.0 Å². The van der Waals surface area contributed by atoms with Gasteiger partial charge in [-0.3, -0.25) is 18.6 Å². The molecule has 0 spiro atoms. The largest absolute Gasteiger partial charge is 0.472 e. The normalized spacial score (nSPS) is 14.4. The first kappa shape index (κ1) is 50.0. The zero-order chi connectivity index (χ0) is 38.9. The molecule has 0 aromatic heterocycles. The lowest BCUT2D eigenvalue weighted by Gasteiger charge is -2.19. The fourth-order valence-electron chi connectivity index (χ4n) is 4.81. The molecule has 0 amide bonds. The molecular formula is C44H71O8P. The van der Waals surface area contributed by atoms with Gasteiger partial charge in [0.25, 0.3) is 0 Å². The van der Waals surface area contributed by atoms with Crippen LogP contribution in [0, 0.1) is 0 Å². The summed E-state index contributed by atoms with van der Waals surface area (Å²) in [5, 5.41) is 0. The first-order valence-corrected chi connectivity index (χ1v) is 21.4. The van der Waals surface area contributed by atoms with Gasteiger partial charge < -0.3 is 14.4 Å². The molecule has 0 aromatic rings. The minimum Gasteiger partial charge on any atom is -0.462 e. The SMILES string of the molecule is CC/C=C\C/C=C\C/C=C\C/C=C\CCCCCCC(=O)OCC(COP(=O)(O)OC)OC(=O)CCCCCC/C=C\C/C=C\C/C=C\C/C=C\CC. The van der Waals surface area contributed by atoms with Crippen LogP contribution in [0.4, 0.5) is 0 Å². The van der Waals surface area contributed by atoms with Crippen LogP contribution in [0.5, 0.6) is 0 Å². The van der Waals surface area contributed by atoms with Crippen molar-refractivity contribution in [2.75, 3.05) is 20.3 Å². The molecule has 0 saturated carbocycles. The number of unbranched alkanes of at least 4 members (excludes halogenated alkanes) is 8. The molecule has 0 aromatic carbocycles. The van der Waals surface area contributed by atoms with E-state index in [1.165, 1.54) is 0 Å². The van der Waals surface area contributed by atoms with Crippen molar-refractivity contribution in [2.24, 2.45) is 0 Å². The quantitative estimate of drug-likeness (QED) is 0.0294. The third-order valence-corrected chi connectivity index (χ3v) is 8.76. The molecule has 0 fully saturated rings. The summed E-state index contributed by atoms with van der Waals surface area (Å²) in [6.07, 6.45) is 51.7. The van der Waals surface area contributed by atoms with Crippen LogP contribution in [0.3, 0.4) is 0 Å². The summed E-state index contributed by atoms with van der Waals surface area (Å²) in [5.41, 5.74) is 0. The lowest BCUT2D eigenvalue weighted by Crippen LogP contribution is -2.29. The van der Waals surface area contributed by atoms with E-state index in [1.54, 1.807) is 0 Å². The summed E-state index contributed by atoms with van der Waals surface area (Å²) >= 11 is 0. The highest BCUT2D eigenvalue weighted by atomic mass is 31.2. The third-order valence-electron chi connectivity index (χ3n) is 7.82. The highest BCUT2D eigenvalue weighted by Crippen LogP contribution is 2.42. The second-order valence-corrected chi connectivity index (χ2v) is 14.2. The fraction of sp³-hybridized carbons (Fsp3) is 0.591. The van der Waals surface area contributed by atoms with Crippen LogP contribution in [0.1, 0.15) is 142 Å². The lowest BCUT2D eigenvalue weighted by atomic mass is 10.1. The van der Waals surface area contributed by atoms with Gasteiger partial charge in [0.1, 0.15) is 6.61 Å². The Morgan fingerprint density at radius 1 is 0.528 bits per heavy atom. The van der Waals surface area contributed by atoms with E-state index < -0.39 is 32.5 Å². The number of phosphoric acid groups is 1. The zero-order valence-electron chi connectivity index (χ0n) is 33.1. The number of rotatable bonds is 35. The Morgan fingerprint density at radius 3 is 1.32 bits per heavy atom. The van der Waals surface area contributed by atoms with Gasteiger partial charge in [-0.1, -0.05) is 137 Å². The zero-order valence-corrected chi connectivity index (χ0v) is 34.0. The molecule has 0 aliphatic carbocycles. The predicted octanol–water partition coefficient (Wildman–Crippen LogP) is 12.5. The number of carbonyl (C=O) groups excluding carboxylic acids is 2. The monoisotopic (exact) mass is 758 g/mol. The van der Waals surface area contributed by atoms with E-state index in [1.807, 2.05) is 0 Å². The molecule has 0 radical (unpaired) electrons. The summed E-state index contributed by atoms with van der Waals surface area (Å²) in [5.74, 6) is -0.871. The van der Waals surface area contributed by atoms with Crippen molar-refractivity contribution in [1.29, 1.82) is 0 Å². The summed E-state index contributed by atoms with van der Waals surface area (Å²) in [4.78, 5) is 34.4. The second-order valence-electron chi connectivity index (χ2n) is 12.6. The van der Waals surface area contributed by atoms with Crippen molar-refractivity contribution in [3.8, 4) is 0 Å². The molecule has 0 bridgehead atoms. The number of phosphoric ester groups is 1. The second kappa shape index (κ2) is 38.7. The molecule has 2 unspecified atom stereocenters. The van der Waals surface area contributed by atoms with Crippen molar-refractivity contribution in [3.05, 3.63) is 97.2 Å². The molecule has 8 nitrogen and oxygen atoms in total. The van der Waals surface area contributed by atoms with Gasteiger partial charge in [-0.2, -0.15) is 0 Å². The molecule has 1 N–H and O–H groups in total. The highest BCUT2D eigenvalue weighted by Gasteiger charge is 2.24. The minimum absolute atomic E-state index is 0.205. The van der Waals surface area contributed by atoms with E-state index in [2.05, 4.69) is 116 Å². The van der Waals surface area contributed by atoms with Crippen LogP contribution < -0.4 is 0 Å². The molecular weight excluding hydrogens is 687 g/mol. The standard InChI is InChI=1S/C44H71O8P/c1-4-6-8-10-12-14-16-18-20-22-24-26-28-30-32-34-36-38-43(45)50-40-42(41-51-53(47,48)49-3)52-44(46)39-37-35-33-31-29-27-25-23-21-19-17-15-13-11-9-7-5-2/h6-9,12-15,18-21,24-27,42H,4-5,10-11,16-17,22-23,28-41H2,1-3H3,(H,47,48)/b8-6-,9-7-,14-12-,15-13-,20-18-,21-19-,26-24-,27-25-. The Hall–Kier alpha value is -3.03. The maximum absolute atomic E-state index is 12.5. The van der Waals surface area contributed by atoms with E-state index in [0.29, 0.717) is 12.8 Å². The Labute approximate surface area is 322 Å². The maximum Gasteiger partial charge on any atom is 0.472 e. The smallest absolute Gasteiger partial charge is 0.462 e. The highest BCUT2D eigenvalue weighted by molar-refractivity contribution is 7.47. The number of allylic oxidation sites excluding steroid dienone is 16. The number of hydrogen-bond acceptors (Lipinski definition) is 7. The topological polar surface area (TPSA) is 108 Å². The first-order valence-electron chi connectivity index (χ1n) is 19.9. The predicted molar refractivity (Wildman–Crippen MR) is 220 cm³/mol. The van der Waals surface area contributed by atoms with E-state index in [4.69, 9.17) is 14.0 Å². The molecule has 0 saturated heterocycles.